The number of rotatable bonds is 3. The van der Waals surface area contributed by atoms with E-state index in [1.165, 1.54) is 0 Å². The molecule has 0 saturated heterocycles. The third kappa shape index (κ3) is 4.86. The Balaban J connectivity index is 3.97. The molecular weight excluding hydrogens is 168 g/mol. The van der Waals surface area contributed by atoms with Crippen LogP contribution in [-0.2, 0) is 9.59 Å². The van der Waals surface area contributed by atoms with Crippen molar-refractivity contribution in [3.63, 3.8) is 0 Å². The second kappa shape index (κ2) is 6.06. The Morgan fingerprint density at radius 1 is 1.46 bits per heavy atom. The average Bonchev–Trinajstić information content (AvgIpc) is 2.05. The predicted molar refractivity (Wildman–Crippen MR) is 49.7 cm³/mol. The molecule has 13 heavy (non-hydrogen) atoms. The normalized spacial score (nSPS) is 10.7. The lowest BCUT2D eigenvalue weighted by Gasteiger charge is -2.10. The van der Waals surface area contributed by atoms with Gasteiger partial charge in [-0.2, -0.15) is 0 Å². The van der Waals surface area contributed by atoms with Crippen molar-refractivity contribution in [2.45, 2.75) is 26.8 Å². The van der Waals surface area contributed by atoms with Crippen molar-refractivity contribution in [1.82, 2.24) is 10.6 Å². The molecule has 0 aliphatic carbocycles. The molecule has 4 heteroatoms. The fourth-order valence-corrected chi connectivity index (χ4v) is 0.739. The SMILES string of the molecule is CC#CC(=O)NC(C)C(=O)NCC. The van der Waals surface area contributed by atoms with Crippen LogP contribution < -0.4 is 10.6 Å². The van der Waals surface area contributed by atoms with Gasteiger partial charge < -0.3 is 10.6 Å². The van der Waals surface area contributed by atoms with Gasteiger partial charge in [0.1, 0.15) is 6.04 Å². The highest BCUT2D eigenvalue weighted by Gasteiger charge is 2.12. The Kier molecular flexibility index (Phi) is 5.37. The van der Waals surface area contributed by atoms with Crippen LogP contribution in [0.25, 0.3) is 0 Å². The third-order valence-corrected chi connectivity index (χ3v) is 1.33. The van der Waals surface area contributed by atoms with Crippen LogP contribution in [0, 0.1) is 11.8 Å². The summed E-state index contributed by atoms with van der Waals surface area (Å²) in [7, 11) is 0. The van der Waals surface area contributed by atoms with Crippen LogP contribution >= 0.6 is 0 Å². The molecular formula is C9H14N2O2. The number of carbonyl (C=O) groups excluding carboxylic acids is 2. The maximum Gasteiger partial charge on any atom is 0.296 e. The van der Waals surface area contributed by atoms with E-state index in [-0.39, 0.29) is 5.91 Å². The van der Waals surface area contributed by atoms with Gasteiger partial charge in [-0.15, -0.1) is 0 Å². The summed E-state index contributed by atoms with van der Waals surface area (Å²) in [5, 5.41) is 5.03. The van der Waals surface area contributed by atoms with Crippen LogP contribution in [-0.4, -0.2) is 24.4 Å². The molecule has 1 unspecified atom stereocenters. The lowest BCUT2D eigenvalue weighted by Crippen LogP contribution is -2.44. The van der Waals surface area contributed by atoms with Crippen LogP contribution in [0.1, 0.15) is 20.8 Å². The molecule has 0 spiro atoms. The van der Waals surface area contributed by atoms with E-state index in [0.717, 1.165) is 0 Å². The Labute approximate surface area is 78.1 Å². The smallest absolute Gasteiger partial charge is 0.296 e. The zero-order chi connectivity index (χ0) is 10.3. The third-order valence-electron chi connectivity index (χ3n) is 1.33. The van der Waals surface area contributed by atoms with E-state index in [9.17, 15) is 9.59 Å². The molecule has 0 saturated carbocycles. The van der Waals surface area contributed by atoms with Crippen molar-refractivity contribution in [3.05, 3.63) is 0 Å². The van der Waals surface area contributed by atoms with Crippen LogP contribution in [0.5, 0.6) is 0 Å². The largest absolute Gasteiger partial charge is 0.355 e. The van der Waals surface area contributed by atoms with Gasteiger partial charge in [0, 0.05) is 6.54 Å². The first-order chi connectivity index (χ1) is 6.11. The Morgan fingerprint density at radius 3 is 2.54 bits per heavy atom. The van der Waals surface area contributed by atoms with Crippen molar-refractivity contribution < 1.29 is 9.59 Å². The zero-order valence-corrected chi connectivity index (χ0v) is 8.10. The van der Waals surface area contributed by atoms with Crippen LogP contribution in [0.3, 0.4) is 0 Å². The second-order valence-electron chi connectivity index (χ2n) is 2.46. The number of carbonyl (C=O) groups is 2. The van der Waals surface area contributed by atoms with Gasteiger partial charge in [0.2, 0.25) is 5.91 Å². The molecule has 0 aromatic rings. The number of nitrogens with one attached hydrogen (secondary N) is 2. The molecule has 0 fully saturated rings. The standard InChI is InChI=1S/C9H14N2O2/c1-4-6-8(12)11-7(3)9(13)10-5-2/h7H,5H2,1-3H3,(H,10,13)(H,11,12). The number of hydrogen-bond acceptors (Lipinski definition) is 2. The van der Waals surface area contributed by atoms with E-state index in [0.29, 0.717) is 6.54 Å². The molecule has 2 amide bonds. The monoisotopic (exact) mass is 182 g/mol. The lowest BCUT2D eigenvalue weighted by atomic mass is 10.3. The summed E-state index contributed by atoms with van der Waals surface area (Å²) in [6, 6.07) is -0.534. The molecule has 0 aromatic heterocycles. The molecule has 0 aliphatic heterocycles. The summed E-state index contributed by atoms with van der Waals surface area (Å²) < 4.78 is 0. The van der Waals surface area contributed by atoms with Gasteiger partial charge >= 0.3 is 0 Å². The minimum absolute atomic E-state index is 0.200. The van der Waals surface area contributed by atoms with Crippen molar-refractivity contribution in [1.29, 1.82) is 0 Å². The van der Waals surface area contributed by atoms with Crippen molar-refractivity contribution in [3.8, 4) is 11.8 Å². The van der Waals surface area contributed by atoms with Gasteiger partial charge in [-0.05, 0) is 26.7 Å². The molecule has 0 heterocycles. The molecule has 72 valence electrons. The quantitative estimate of drug-likeness (QED) is 0.586. The number of amides is 2. The first-order valence-electron chi connectivity index (χ1n) is 4.12. The second-order valence-corrected chi connectivity index (χ2v) is 2.46. The van der Waals surface area contributed by atoms with Crippen LogP contribution in [0.4, 0.5) is 0 Å². The average molecular weight is 182 g/mol. The van der Waals surface area contributed by atoms with E-state index in [1.54, 1.807) is 13.8 Å². The highest BCUT2D eigenvalue weighted by molar-refractivity contribution is 5.96. The molecule has 2 N–H and O–H groups in total. The summed E-state index contributed by atoms with van der Waals surface area (Å²) >= 11 is 0. The number of likely N-dealkylation sites (N-methyl/N-ethyl adjacent to an activating group) is 1. The van der Waals surface area contributed by atoms with Crippen molar-refractivity contribution in [2.75, 3.05) is 6.54 Å². The van der Waals surface area contributed by atoms with Gasteiger partial charge in [0.05, 0.1) is 0 Å². The van der Waals surface area contributed by atoms with E-state index in [2.05, 4.69) is 22.5 Å². The molecule has 0 bridgehead atoms. The van der Waals surface area contributed by atoms with E-state index >= 15 is 0 Å². The lowest BCUT2D eigenvalue weighted by molar-refractivity contribution is -0.126. The Morgan fingerprint density at radius 2 is 2.08 bits per heavy atom. The fourth-order valence-electron chi connectivity index (χ4n) is 0.739. The summed E-state index contributed by atoms with van der Waals surface area (Å²) in [6.45, 7) is 5.55. The molecule has 0 radical (unpaired) electrons. The molecule has 0 rings (SSSR count). The Hall–Kier alpha value is -1.50. The van der Waals surface area contributed by atoms with Gasteiger partial charge in [0.15, 0.2) is 0 Å². The van der Waals surface area contributed by atoms with Gasteiger partial charge in [-0.25, -0.2) is 0 Å². The molecule has 1 atom stereocenters. The maximum absolute atomic E-state index is 11.1. The first kappa shape index (κ1) is 11.5. The van der Waals surface area contributed by atoms with E-state index in [1.807, 2.05) is 6.92 Å². The van der Waals surface area contributed by atoms with E-state index in [4.69, 9.17) is 0 Å². The van der Waals surface area contributed by atoms with Crippen molar-refractivity contribution >= 4 is 11.8 Å². The summed E-state index contributed by atoms with van der Waals surface area (Å²) in [5.74, 6) is 4.11. The Bertz CT molecular complexity index is 250. The fraction of sp³-hybridized carbons (Fsp3) is 0.556. The summed E-state index contributed by atoms with van der Waals surface area (Å²) in [6.07, 6.45) is 0. The number of hydrogen-bond donors (Lipinski definition) is 2. The first-order valence-corrected chi connectivity index (χ1v) is 4.12. The minimum atomic E-state index is -0.534. The molecule has 0 aromatic carbocycles. The highest BCUT2D eigenvalue weighted by Crippen LogP contribution is 1.80. The highest BCUT2D eigenvalue weighted by atomic mass is 16.2. The zero-order valence-electron chi connectivity index (χ0n) is 8.10. The van der Waals surface area contributed by atoms with Gasteiger partial charge in [-0.1, -0.05) is 5.92 Å². The van der Waals surface area contributed by atoms with Crippen molar-refractivity contribution in [2.24, 2.45) is 0 Å². The topological polar surface area (TPSA) is 58.2 Å². The predicted octanol–water partition coefficient (Wildman–Crippen LogP) is -0.349. The maximum atomic E-state index is 11.1. The summed E-state index contributed by atoms with van der Waals surface area (Å²) in [4.78, 5) is 22.0. The van der Waals surface area contributed by atoms with E-state index < -0.39 is 11.9 Å². The molecule has 4 nitrogen and oxygen atoms in total. The summed E-state index contributed by atoms with van der Waals surface area (Å²) in [5.41, 5.74) is 0. The van der Waals surface area contributed by atoms with Gasteiger partial charge in [-0.3, -0.25) is 9.59 Å². The van der Waals surface area contributed by atoms with Gasteiger partial charge in [0.25, 0.3) is 5.91 Å². The van der Waals surface area contributed by atoms with Crippen LogP contribution in [0.2, 0.25) is 0 Å². The minimum Gasteiger partial charge on any atom is -0.355 e. The molecule has 0 aliphatic rings. The van der Waals surface area contributed by atoms with Crippen LogP contribution in [0.15, 0.2) is 0 Å².